The first-order valence-corrected chi connectivity index (χ1v) is 7.31. The van der Waals surface area contributed by atoms with Gasteiger partial charge in [-0.25, -0.2) is 13.2 Å². The fraction of sp³-hybridized carbons (Fsp3) is 0.778. The van der Waals surface area contributed by atoms with Crippen LogP contribution in [0.2, 0.25) is 0 Å². The molecule has 0 saturated heterocycles. The maximum Gasteiger partial charge on any atom is 0.332 e. The Balaban J connectivity index is 3.92. The molecule has 0 bridgehead atoms. The molecular formula is C9H18N2O6S. The number of nitrogens with one attached hydrogen (secondary N) is 1. The van der Waals surface area contributed by atoms with Crippen molar-refractivity contribution < 1.29 is 28.2 Å². The highest BCUT2D eigenvalue weighted by Gasteiger charge is 2.17. The molecule has 0 fully saturated rings. The molecule has 2 atom stereocenters. The molecule has 0 spiro atoms. The number of aliphatic hydroxyl groups is 1. The van der Waals surface area contributed by atoms with Crippen LogP contribution < -0.4 is 11.1 Å². The van der Waals surface area contributed by atoms with Crippen LogP contribution in [0.3, 0.4) is 0 Å². The number of aliphatic hydroxyl groups excluding tert-OH is 1. The van der Waals surface area contributed by atoms with E-state index in [1.54, 1.807) is 0 Å². The Kier molecular flexibility index (Phi) is 6.81. The molecule has 0 aliphatic rings. The first-order chi connectivity index (χ1) is 8.13. The Morgan fingerprint density at radius 2 is 1.89 bits per heavy atom. The number of rotatable bonds is 8. The first-order valence-electron chi connectivity index (χ1n) is 5.25. The number of hydrogen-bond acceptors (Lipinski definition) is 6. The van der Waals surface area contributed by atoms with Gasteiger partial charge in [-0.15, -0.1) is 0 Å². The van der Waals surface area contributed by atoms with E-state index < -0.39 is 33.9 Å². The van der Waals surface area contributed by atoms with Crippen molar-refractivity contribution in [3.63, 3.8) is 0 Å². The summed E-state index contributed by atoms with van der Waals surface area (Å²) in [4.78, 5) is 21.6. The van der Waals surface area contributed by atoms with Crippen molar-refractivity contribution in [2.75, 3.05) is 18.6 Å². The van der Waals surface area contributed by atoms with Crippen molar-refractivity contribution in [1.82, 2.24) is 5.32 Å². The summed E-state index contributed by atoms with van der Waals surface area (Å²) in [6.45, 7) is -0.0428. The molecule has 18 heavy (non-hydrogen) atoms. The topological polar surface area (TPSA) is 147 Å². The van der Waals surface area contributed by atoms with Crippen molar-refractivity contribution in [3.05, 3.63) is 0 Å². The SMILES string of the molecule is CS(=O)(=O)CCC(N)C(=O)NCCC(O)C(=O)O. The summed E-state index contributed by atoms with van der Waals surface area (Å²) in [5.41, 5.74) is 5.45. The molecule has 8 nitrogen and oxygen atoms in total. The van der Waals surface area contributed by atoms with E-state index in [0.717, 1.165) is 6.26 Å². The zero-order chi connectivity index (χ0) is 14.3. The number of carboxylic acid groups (broad SMARTS) is 1. The van der Waals surface area contributed by atoms with Gasteiger partial charge >= 0.3 is 5.97 Å². The monoisotopic (exact) mass is 282 g/mol. The van der Waals surface area contributed by atoms with E-state index in [-0.39, 0.29) is 25.1 Å². The van der Waals surface area contributed by atoms with E-state index in [1.165, 1.54) is 0 Å². The Hall–Kier alpha value is -1.19. The zero-order valence-corrected chi connectivity index (χ0v) is 10.8. The van der Waals surface area contributed by atoms with Gasteiger partial charge in [-0.1, -0.05) is 0 Å². The summed E-state index contributed by atoms with van der Waals surface area (Å²) < 4.78 is 21.7. The van der Waals surface area contributed by atoms with Gasteiger partial charge < -0.3 is 21.3 Å². The number of nitrogens with two attached hydrogens (primary N) is 1. The quantitative estimate of drug-likeness (QED) is 0.391. The third kappa shape index (κ3) is 7.98. The lowest BCUT2D eigenvalue weighted by atomic mass is 10.2. The summed E-state index contributed by atoms with van der Waals surface area (Å²) in [5, 5.41) is 19.6. The van der Waals surface area contributed by atoms with Gasteiger partial charge in [-0.05, 0) is 6.42 Å². The predicted octanol–water partition coefficient (Wildman–Crippen LogP) is -2.30. The van der Waals surface area contributed by atoms with E-state index in [9.17, 15) is 18.0 Å². The molecule has 0 aromatic carbocycles. The van der Waals surface area contributed by atoms with Crippen LogP contribution in [0, 0.1) is 0 Å². The standard InChI is InChI=1S/C9H18N2O6S/c1-18(16,17)5-3-6(10)8(13)11-4-2-7(12)9(14)15/h6-7,12H,2-5,10H2,1H3,(H,11,13)(H,14,15). The maximum atomic E-state index is 11.4. The third-order valence-corrected chi connectivity index (χ3v) is 3.12. The number of carbonyl (C=O) groups is 2. The van der Waals surface area contributed by atoms with Crippen molar-refractivity contribution >= 4 is 21.7 Å². The Morgan fingerprint density at radius 3 is 2.33 bits per heavy atom. The molecule has 106 valence electrons. The van der Waals surface area contributed by atoms with Crippen LogP contribution in [0.15, 0.2) is 0 Å². The fourth-order valence-electron chi connectivity index (χ4n) is 1.06. The summed E-state index contributed by atoms with van der Waals surface area (Å²) in [6, 6.07) is -0.971. The van der Waals surface area contributed by atoms with E-state index in [2.05, 4.69) is 5.32 Å². The Labute approximate surface area is 105 Å². The summed E-state index contributed by atoms with van der Waals surface area (Å²) in [5.74, 6) is -2.14. The van der Waals surface area contributed by atoms with E-state index in [4.69, 9.17) is 15.9 Å². The number of amides is 1. The van der Waals surface area contributed by atoms with Gasteiger partial charge in [0.2, 0.25) is 5.91 Å². The molecule has 1 amide bonds. The lowest BCUT2D eigenvalue weighted by molar-refractivity contribution is -0.147. The van der Waals surface area contributed by atoms with E-state index in [1.807, 2.05) is 0 Å². The number of carbonyl (C=O) groups excluding carboxylic acids is 1. The summed E-state index contributed by atoms with van der Waals surface area (Å²) >= 11 is 0. The summed E-state index contributed by atoms with van der Waals surface area (Å²) in [6.07, 6.45) is -0.648. The van der Waals surface area contributed by atoms with Crippen molar-refractivity contribution in [1.29, 1.82) is 0 Å². The van der Waals surface area contributed by atoms with Crippen LogP contribution in [0.5, 0.6) is 0 Å². The molecule has 0 aliphatic carbocycles. The number of sulfone groups is 1. The van der Waals surface area contributed by atoms with Crippen LogP contribution >= 0.6 is 0 Å². The van der Waals surface area contributed by atoms with E-state index >= 15 is 0 Å². The fourth-order valence-corrected chi connectivity index (χ4v) is 1.74. The predicted molar refractivity (Wildman–Crippen MR) is 63.6 cm³/mol. The average molecular weight is 282 g/mol. The molecule has 0 aromatic heterocycles. The lowest BCUT2D eigenvalue weighted by Crippen LogP contribution is -2.42. The minimum absolute atomic E-state index is 0.00779. The molecule has 0 radical (unpaired) electrons. The molecule has 0 rings (SSSR count). The highest BCUT2D eigenvalue weighted by Crippen LogP contribution is 1.95. The summed E-state index contributed by atoms with van der Waals surface area (Å²) in [7, 11) is -3.18. The van der Waals surface area contributed by atoms with E-state index in [0.29, 0.717) is 0 Å². The Bertz CT molecular complexity index is 394. The normalized spacial score (nSPS) is 14.8. The number of hydrogen-bond donors (Lipinski definition) is 4. The van der Waals surface area contributed by atoms with Crippen LogP contribution in [0.1, 0.15) is 12.8 Å². The number of carboxylic acids is 1. The van der Waals surface area contributed by atoms with Gasteiger partial charge in [0.1, 0.15) is 9.84 Å². The van der Waals surface area contributed by atoms with Crippen LogP contribution in [0.4, 0.5) is 0 Å². The zero-order valence-electron chi connectivity index (χ0n) is 10.00. The minimum atomic E-state index is -3.18. The molecule has 5 N–H and O–H groups in total. The first kappa shape index (κ1) is 16.8. The van der Waals surface area contributed by atoms with Crippen molar-refractivity contribution in [2.45, 2.75) is 25.0 Å². The van der Waals surface area contributed by atoms with Gasteiger partial charge in [0.15, 0.2) is 6.10 Å². The van der Waals surface area contributed by atoms with Crippen LogP contribution in [-0.4, -0.2) is 61.2 Å². The van der Waals surface area contributed by atoms with Crippen LogP contribution in [0.25, 0.3) is 0 Å². The second-order valence-corrected chi connectivity index (χ2v) is 6.22. The molecule has 9 heteroatoms. The average Bonchev–Trinajstić information content (AvgIpc) is 2.24. The molecular weight excluding hydrogens is 264 g/mol. The van der Waals surface area contributed by atoms with Crippen molar-refractivity contribution in [2.24, 2.45) is 5.73 Å². The van der Waals surface area contributed by atoms with Gasteiger partial charge in [-0.2, -0.15) is 0 Å². The highest BCUT2D eigenvalue weighted by molar-refractivity contribution is 7.90. The largest absolute Gasteiger partial charge is 0.479 e. The molecule has 0 heterocycles. The second kappa shape index (κ2) is 7.29. The molecule has 0 aliphatic heterocycles. The lowest BCUT2D eigenvalue weighted by Gasteiger charge is -2.12. The van der Waals surface area contributed by atoms with Gasteiger partial charge in [-0.3, -0.25) is 4.79 Å². The molecule has 0 aromatic rings. The number of aliphatic carboxylic acids is 1. The van der Waals surface area contributed by atoms with Gasteiger partial charge in [0.25, 0.3) is 0 Å². The molecule has 2 unspecified atom stereocenters. The van der Waals surface area contributed by atoms with Crippen LogP contribution in [-0.2, 0) is 19.4 Å². The smallest absolute Gasteiger partial charge is 0.332 e. The highest BCUT2D eigenvalue weighted by atomic mass is 32.2. The van der Waals surface area contributed by atoms with Crippen molar-refractivity contribution in [3.8, 4) is 0 Å². The third-order valence-electron chi connectivity index (χ3n) is 2.14. The minimum Gasteiger partial charge on any atom is -0.479 e. The van der Waals surface area contributed by atoms with Gasteiger partial charge in [0, 0.05) is 19.2 Å². The Morgan fingerprint density at radius 1 is 1.33 bits per heavy atom. The molecule has 0 saturated carbocycles. The maximum absolute atomic E-state index is 11.4. The van der Waals surface area contributed by atoms with Gasteiger partial charge in [0.05, 0.1) is 11.8 Å². The second-order valence-electron chi connectivity index (χ2n) is 3.96.